The topological polar surface area (TPSA) is 127 Å². The van der Waals surface area contributed by atoms with Crippen LogP contribution >= 0.6 is 11.8 Å². The number of amides is 2. The predicted molar refractivity (Wildman–Crippen MR) is 156 cm³/mol. The van der Waals surface area contributed by atoms with Crippen molar-refractivity contribution in [1.82, 2.24) is 4.90 Å². The third kappa shape index (κ3) is 6.34. The number of nitrogens with zero attached hydrogens (tertiary/aromatic N) is 1. The second-order valence-electron chi connectivity index (χ2n) is 9.04. The number of carbonyl (C=O) groups is 2. The Hall–Kier alpha value is -4.42. The fourth-order valence-corrected chi connectivity index (χ4v) is 6.54. The van der Waals surface area contributed by atoms with Gasteiger partial charge in [-0.1, -0.05) is 12.1 Å². The molecule has 1 aliphatic heterocycles. The number of anilines is 2. The molecule has 0 unspecified atom stereocenters. The number of benzene rings is 3. The Morgan fingerprint density at radius 3 is 2.44 bits per heavy atom. The van der Waals surface area contributed by atoms with Crippen LogP contribution in [0.25, 0.3) is 0 Å². The number of rotatable bonds is 10. The highest BCUT2D eigenvalue weighted by Crippen LogP contribution is 2.39. The van der Waals surface area contributed by atoms with Crippen molar-refractivity contribution in [1.29, 1.82) is 0 Å². The van der Waals surface area contributed by atoms with Gasteiger partial charge in [-0.2, -0.15) is 0 Å². The minimum Gasteiger partial charge on any atom is -0.497 e. The maximum atomic E-state index is 12.9. The molecule has 4 aromatic rings. The molecule has 41 heavy (non-hydrogen) atoms. The highest BCUT2D eigenvalue weighted by Gasteiger charge is 2.33. The number of methoxy groups -OCH3 is 2. The van der Waals surface area contributed by atoms with E-state index in [2.05, 4.69) is 10.0 Å². The van der Waals surface area contributed by atoms with Crippen molar-refractivity contribution >= 4 is 45.0 Å². The van der Waals surface area contributed by atoms with Crippen LogP contribution in [0, 0.1) is 0 Å². The molecule has 0 aliphatic carbocycles. The molecule has 2 heterocycles. The molecule has 1 aromatic heterocycles. The highest BCUT2D eigenvalue weighted by atomic mass is 32.2. The summed E-state index contributed by atoms with van der Waals surface area (Å²) in [7, 11) is -0.982. The number of sulfonamides is 1. The van der Waals surface area contributed by atoms with E-state index in [1.165, 1.54) is 50.2 Å². The van der Waals surface area contributed by atoms with E-state index in [1.54, 1.807) is 47.6 Å². The molecule has 0 bridgehead atoms. The quantitative estimate of drug-likeness (QED) is 0.259. The molecule has 12 heteroatoms. The first kappa shape index (κ1) is 28.1. The minimum absolute atomic E-state index is 0.0143. The number of thioether (sulfide) groups is 1. The molecule has 3 aromatic carbocycles. The molecule has 2 amide bonds. The molecule has 5 rings (SSSR count). The summed E-state index contributed by atoms with van der Waals surface area (Å²) in [4.78, 5) is 27.1. The normalized spacial score (nSPS) is 15.0. The molecule has 1 fully saturated rings. The van der Waals surface area contributed by atoms with Crippen molar-refractivity contribution in [3.05, 3.63) is 102 Å². The number of carbonyl (C=O) groups excluding carboxylic acids is 2. The zero-order valence-electron chi connectivity index (χ0n) is 22.2. The lowest BCUT2D eigenvalue weighted by Crippen LogP contribution is -2.27. The average Bonchev–Trinajstić information content (AvgIpc) is 3.63. The zero-order valence-corrected chi connectivity index (χ0v) is 23.8. The van der Waals surface area contributed by atoms with Gasteiger partial charge in [-0.25, -0.2) is 8.42 Å². The van der Waals surface area contributed by atoms with Gasteiger partial charge in [0.05, 0.1) is 43.4 Å². The second kappa shape index (κ2) is 12.0. The van der Waals surface area contributed by atoms with Crippen LogP contribution in [-0.4, -0.2) is 45.1 Å². The third-order valence-electron chi connectivity index (χ3n) is 6.41. The maximum absolute atomic E-state index is 12.9. The Bertz CT molecular complexity index is 1640. The van der Waals surface area contributed by atoms with Crippen molar-refractivity contribution in [2.45, 2.75) is 16.8 Å². The summed E-state index contributed by atoms with van der Waals surface area (Å²) in [5, 5.41) is 2.61. The fourth-order valence-electron chi connectivity index (χ4n) is 4.28. The van der Waals surface area contributed by atoms with Crippen LogP contribution < -0.4 is 19.5 Å². The monoisotopic (exact) mass is 593 g/mol. The van der Waals surface area contributed by atoms with Crippen molar-refractivity contribution in [2.75, 3.05) is 30.0 Å². The number of nitrogens with one attached hydrogen (secondary N) is 2. The Labute approximate surface area is 241 Å². The van der Waals surface area contributed by atoms with Crippen molar-refractivity contribution in [2.24, 2.45) is 0 Å². The van der Waals surface area contributed by atoms with Crippen LogP contribution in [0.4, 0.5) is 11.4 Å². The lowest BCUT2D eigenvalue weighted by Gasteiger charge is -2.23. The van der Waals surface area contributed by atoms with Gasteiger partial charge in [0, 0.05) is 17.3 Å². The summed E-state index contributed by atoms with van der Waals surface area (Å²) in [5.41, 5.74) is 2.02. The lowest BCUT2D eigenvalue weighted by atomic mass is 10.1. The molecule has 10 nitrogen and oxygen atoms in total. The average molecular weight is 594 g/mol. The van der Waals surface area contributed by atoms with E-state index in [1.807, 2.05) is 18.2 Å². The van der Waals surface area contributed by atoms with Gasteiger partial charge in [-0.3, -0.25) is 14.3 Å². The van der Waals surface area contributed by atoms with E-state index in [0.717, 1.165) is 5.56 Å². The molecular formula is C29H27N3O7S2. The molecule has 0 spiro atoms. The second-order valence-corrected chi connectivity index (χ2v) is 11.8. The summed E-state index contributed by atoms with van der Waals surface area (Å²) in [6, 6.07) is 21.2. The molecule has 1 atom stereocenters. The molecule has 0 saturated carbocycles. The van der Waals surface area contributed by atoms with Gasteiger partial charge >= 0.3 is 0 Å². The first-order valence-electron chi connectivity index (χ1n) is 12.5. The van der Waals surface area contributed by atoms with Gasteiger partial charge in [-0.05, 0) is 66.2 Å². The number of hydrogen-bond acceptors (Lipinski definition) is 8. The van der Waals surface area contributed by atoms with E-state index in [0.29, 0.717) is 40.8 Å². The van der Waals surface area contributed by atoms with Crippen LogP contribution in [0.2, 0.25) is 0 Å². The summed E-state index contributed by atoms with van der Waals surface area (Å²) in [5.74, 6) is 1.60. The van der Waals surface area contributed by atoms with Crippen LogP contribution in [0.1, 0.15) is 27.1 Å². The minimum atomic E-state index is -3.92. The Balaban J connectivity index is 1.23. The van der Waals surface area contributed by atoms with Gasteiger partial charge in [0.2, 0.25) is 5.91 Å². The maximum Gasteiger partial charge on any atom is 0.262 e. The van der Waals surface area contributed by atoms with Crippen molar-refractivity contribution < 1.29 is 31.9 Å². The molecule has 212 valence electrons. The predicted octanol–water partition coefficient (Wildman–Crippen LogP) is 5.12. The lowest BCUT2D eigenvalue weighted by molar-refractivity contribution is -0.128. The molecule has 0 radical (unpaired) electrons. The van der Waals surface area contributed by atoms with E-state index in [9.17, 15) is 18.0 Å². The van der Waals surface area contributed by atoms with Crippen LogP contribution in [0.5, 0.6) is 11.5 Å². The summed E-state index contributed by atoms with van der Waals surface area (Å²) in [6.07, 6.45) is 1.58. The molecule has 1 saturated heterocycles. The Kier molecular flexibility index (Phi) is 8.22. The molecular weight excluding hydrogens is 566 g/mol. The smallest absolute Gasteiger partial charge is 0.262 e. The van der Waals surface area contributed by atoms with Crippen molar-refractivity contribution in [3.63, 3.8) is 0 Å². The van der Waals surface area contributed by atoms with Gasteiger partial charge in [-0.15, -0.1) is 11.8 Å². The largest absolute Gasteiger partial charge is 0.497 e. The molecule has 1 aliphatic rings. The van der Waals surface area contributed by atoms with Crippen molar-refractivity contribution in [3.8, 4) is 11.5 Å². The first-order chi connectivity index (χ1) is 19.8. The van der Waals surface area contributed by atoms with E-state index >= 15 is 0 Å². The van der Waals surface area contributed by atoms with Gasteiger partial charge in [0.15, 0.2) is 0 Å². The third-order valence-corrected chi connectivity index (χ3v) is 9.05. The fraction of sp³-hybridized carbons (Fsp3) is 0.172. The molecule has 2 N–H and O–H groups in total. The van der Waals surface area contributed by atoms with Gasteiger partial charge in [0.1, 0.15) is 22.6 Å². The number of hydrogen-bond donors (Lipinski definition) is 2. The highest BCUT2D eigenvalue weighted by molar-refractivity contribution is 8.00. The van der Waals surface area contributed by atoms with E-state index < -0.39 is 10.0 Å². The summed E-state index contributed by atoms with van der Waals surface area (Å²) < 4.78 is 44.2. The number of ether oxygens (including phenoxy) is 2. The first-order valence-corrected chi connectivity index (χ1v) is 15.0. The van der Waals surface area contributed by atoms with Gasteiger partial charge < -0.3 is 24.1 Å². The Morgan fingerprint density at radius 1 is 1.02 bits per heavy atom. The summed E-state index contributed by atoms with van der Waals surface area (Å²) >= 11 is 1.52. The SMILES string of the molecule is COc1ccc(NS(=O)(=O)c2ccc(NC(=O)c3ccc([C@H]4SCC(=O)N4Cc4ccco4)cc3)cc2)c(OC)c1. The Morgan fingerprint density at radius 2 is 1.78 bits per heavy atom. The van der Waals surface area contributed by atoms with Gasteiger partial charge in [0.25, 0.3) is 15.9 Å². The van der Waals surface area contributed by atoms with Crippen LogP contribution in [0.15, 0.2) is 94.4 Å². The van der Waals surface area contributed by atoms with Crippen LogP contribution in [0.3, 0.4) is 0 Å². The standard InChI is InChI=1S/C29H27N3O7S2/c1-37-22-11-14-25(26(16-22)38-2)31-41(35,36)24-12-9-21(10-13-24)30-28(34)19-5-7-20(8-6-19)29-32(27(33)18-40-29)17-23-4-3-15-39-23/h3-16,29,31H,17-18H2,1-2H3,(H,30,34)/t29-/m1/s1. The van der Waals surface area contributed by atoms with Crippen LogP contribution in [-0.2, 0) is 21.4 Å². The summed E-state index contributed by atoms with van der Waals surface area (Å²) in [6.45, 7) is 0.376. The van der Waals surface area contributed by atoms with E-state index in [-0.39, 0.29) is 27.8 Å². The number of furan rings is 1. The van der Waals surface area contributed by atoms with E-state index in [4.69, 9.17) is 13.9 Å². The zero-order chi connectivity index (χ0) is 29.0.